The Morgan fingerprint density at radius 1 is 1.08 bits per heavy atom. The van der Waals surface area contributed by atoms with Crippen molar-refractivity contribution < 1.29 is 9.47 Å². The van der Waals surface area contributed by atoms with Crippen molar-refractivity contribution in [2.24, 2.45) is 0 Å². The van der Waals surface area contributed by atoms with Crippen LogP contribution in [0.5, 0.6) is 11.5 Å². The van der Waals surface area contributed by atoms with Crippen molar-refractivity contribution >= 4 is 16.6 Å². The summed E-state index contributed by atoms with van der Waals surface area (Å²) in [7, 11) is 3.21. The first-order valence-electron chi connectivity index (χ1n) is 7.44. The number of fused-ring (bicyclic) bond motifs is 1. The van der Waals surface area contributed by atoms with Gasteiger partial charge in [-0.05, 0) is 47.9 Å². The monoisotopic (exact) mass is 319 g/mol. The number of rotatable bonds is 4. The van der Waals surface area contributed by atoms with Crippen LogP contribution in [-0.4, -0.2) is 24.2 Å². The van der Waals surface area contributed by atoms with Gasteiger partial charge in [-0.15, -0.1) is 0 Å². The van der Waals surface area contributed by atoms with E-state index >= 15 is 0 Å². The number of ether oxygens (including phenoxy) is 2. The largest absolute Gasteiger partial charge is 0.497 e. The number of methoxy groups -OCH3 is 2. The topological polar surface area (TPSA) is 70.9 Å². The third-order valence-corrected chi connectivity index (χ3v) is 3.78. The summed E-state index contributed by atoms with van der Waals surface area (Å²) in [6.07, 6.45) is 1.53. The molecule has 120 valence electrons. The molecule has 3 rings (SSSR count). The van der Waals surface area contributed by atoms with Gasteiger partial charge < -0.3 is 14.5 Å². The maximum atomic E-state index is 9.22. The van der Waals surface area contributed by atoms with Crippen LogP contribution < -0.4 is 9.47 Å². The van der Waals surface area contributed by atoms with Crippen molar-refractivity contribution in [3.8, 4) is 17.6 Å². The molecular weight excluding hydrogens is 302 g/mol. The molecule has 0 aliphatic rings. The molecule has 2 aromatic carbocycles. The van der Waals surface area contributed by atoms with E-state index in [4.69, 9.17) is 9.47 Å². The van der Waals surface area contributed by atoms with E-state index in [1.807, 2.05) is 37.3 Å². The summed E-state index contributed by atoms with van der Waals surface area (Å²) < 4.78 is 10.7. The number of nitrogens with one attached hydrogen (secondary N) is 1. The number of aromatic nitrogens is 2. The highest BCUT2D eigenvalue weighted by Crippen LogP contribution is 2.31. The molecule has 5 nitrogen and oxygen atoms in total. The molecular formula is C19H17N3O2. The maximum absolute atomic E-state index is 9.22. The van der Waals surface area contributed by atoms with E-state index < -0.39 is 0 Å². The fourth-order valence-electron chi connectivity index (χ4n) is 2.67. The van der Waals surface area contributed by atoms with Crippen LogP contribution in [-0.2, 0) is 0 Å². The Labute approximate surface area is 140 Å². The number of imidazole rings is 1. The molecule has 0 saturated heterocycles. The molecule has 0 atom stereocenters. The zero-order valence-corrected chi connectivity index (χ0v) is 13.8. The molecule has 24 heavy (non-hydrogen) atoms. The maximum Gasteiger partial charge on any atom is 0.123 e. The second-order valence-electron chi connectivity index (χ2n) is 5.34. The summed E-state index contributed by atoms with van der Waals surface area (Å²) in [5, 5.41) is 9.22. The number of allylic oxidation sites excluding steroid dienone is 1. The van der Waals surface area contributed by atoms with E-state index in [9.17, 15) is 5.26 Å². The molecule has 0 spiro atoms. The SMILES string of the molecule is COc1cc(OC)cc(/C(=C/C#N)c2ccc3nc(C)[nH]c3c2)c1. The van der Waals surface area contributed by atoms with Crippen LogP contribution in [0.15, 0.2) is 42.5 Å². The minimum atomic E-state index is 0.673. The second kappa shape index (κ2) is 6.47. The van der Waals surface area contributed by atoms with E-state index in [2.05, 4.69) is 16.0 Å². The average Bonchev–Trinajstić information content (AvgIpc) is 2.98. The van der Waals surface area contributed by atoms with E-state index in [0.717, 1.165) is 33.6 Å². The Balaban J connectivity index is 2.16. The van der Waals surface area contributed by atoms with E-state index in [0.29, 0.717) is 11.5 Å². The molecule has 0 saturated carbocycles. The lowest BCUT2D eigenvalue weighted by Gasteiger charge is -2.11. The van der Waals surface area contributed by atoms with Crippen molar-refractivity contribution in [2.75, 3.05) is 14.2 Å². The van der Waals surface area contributed by atoms with Crippen LogP contribution in [0.25, 0.3) is 16.6 Å². The molecule has 0 amide bonds. The van der Waals surface area contributed by atoms with Crippen molar-refractivity contribution in [3.63, 3.8) is 0 Å². The van der Waals surface area contributed by atoms with Gasteiger partial charge >= 0.3 is 0 Å². The van der Waals surface area contributed by atoms with Gasteiger partial charge in [0.25, 0.3) is 0 Å². The summed E-state index contributed by atoms with van der Waals surface area (Å²) in [5.74, 6) is 2.20. The molecule has 1 heterocycles. The minimum absolute atomic E-state index is 0.673. The molecule has 1 aromatic heterocycles. The van der Waals surface area contributed by atoms with Gasteiger partial charge in [0, 0.05) is 12.1 Å². The van der Waals surface area contributed by atoms with Crippen LogP contribution in [0.3, 0.4) is 0 Å². The first kappa shape index (κ1) is 15.6. The highest BCUT2D eigenvalue weighted by molar-refractivity contribution is 5.87. The zero-order valence-electron chi connectivity index (χ0n) is 13.8. The van der Waals surface area contributed by atoms with Gasteiger partial charge in [0.2, 0.25) is 0 Å². The van der Waals surface area contributed by atoms with Gasteiger partial charge in [0.05, 0.1) is 31.3 Å². The smallest absolute Gasteiger partial charge is 0.123 e. The molecule has 1 N–H and O–H groups in total. The molecule has 0 aliphatic heterocycles. The summed E-state index contributed by atoms with van der Waals surface area (Å²) in [6, 6.07) is 13.6. The zero-order chi connectivity index (χ0) is 17.1. The fraction of sp³-hybridized carbons (Fsp3) is 0.158. The van der Waals surface area contributed by atoms with E-state index in [1.165, 1.54) is 6.08 Å². The molecule has 0 fully saturated rings. The lowest BCUT2D eigenvalue weighted by Crippen LogP contribution is -1.93. The number of hydrogen-bond acceptors (Lipinski definition) is 4. The molecule has 3 aromatic rings. The number of aryl methyl sites for hydroxylation is 1. The highest BCUT2D eigenvalue weighted by atomic mass is 16.5. The summed E-state index contributed by atoms with van der Waals surface area (Å²) in [5.41, 5.74) is 4.40. The summed E-state index contributed by atoms with van der Waals surface area (Å²) in [6.45, 7) is 1.92. The van der Waals surface area contributed by atoms with Gasteiger partial charge in [0.1, 0.15) is 17.3 Å². The highest BCUT2D eigenvalue weighted by Gasteiger charge is 2.11. The Morgan fingerprint density at radius 2 is 1.79 bits per heavy atom. The van der Waals surface area contributed by atoms with Crippen LogP contribution in [0, 0.1) is 18.3 Å². The van der Waals surface area contributed by atoms with Gasteiger partial charge in [-0.25, -0.2) is 4.98 Å². The Morgan fingerprint density at radius 3 is 2.42 bits per heavy atom. The number of nitriles is 1. The molecule has 0 bridgehead atoms. The van der Waals surface area contributed by atoms with Gasteiger partial charge in [0.15, 0.2) is 0 Å². The number of H-pyrrole nitrogens is 1. The van der Waals surface area contributed by atoms with Crippen molar-refractivity contribution in [1.82, 2.24) is 9.97 Å². The number of hydrogen-bond donors (Lipinski definition) is 1. The van der Waals surface area contributed by atoms with E-state index in [1.54, 1.807) is 20.3 Å². The standard InChI is InChI=1S/C19H17N3O2/c1-12-21-18-5-4-13(10-19(18)22-12)17(6-7-20)14-8-15(23-2)11-16(9-14)24-3/h4-6,8-11H,1-3H3,(H,21,22)/b17-6+. The first-order valence-corrected chi connectivity index (χ1v) is 7.44. The van der Waals surface area contributed by atoms with Gasteiger partial charge in [-0.3, -0.25) is 0 Å². The number of benzene rings is 2. The Hall–Kier alpha value is -3.26. The Kier molecular flexibility index (Phi) is 4.21. The third kappa shape index (κ3) is 2.95. The minimum Gasteiger partial charge on any atom is -0.497 e. The van der Waals surface area contributed by atoms with Crippen LogP contribution in [0.4, 0.5) is 0 Å². The predicted molar refractivity (Wildman–Crippen MR) is 93.1 cm³/mol. The quantitative estimate of drug-likeness (QED) is 0.742. The van der Waals surface area contributed by atoms with Crippen LogP contribution in [0.2, 0.25) is 0 Å². The van der Waals surface area contributed by atoms with Crippen molar-refractivity contribution in [3.05, 3.63) is 59.4 Å². The van der Waals surface area contributed by atoms with Crippen molar-refractivity contribution in [1.29, 1.82) is 5.26 Å². The third-order valence-electron chi connectivity index (χ3n) is 3.78. The lowest BCUT2D eigenvalue weighted by molar-refractivity contribution is 0.394. The summed E-state index contributed by atoms with van der Waals surface area (Å²) >= 11 is 0. The fourth-order valence-corrected chi connectivity index (χ4v) is 2.67. The predicted octanol–water partition coefficient (Wildman–Crippen LogP) is 3.84. The summed E-state index contributed by atoms with van der Waals surface area (Å²) in [4.78, 5) is 7.63. The lowest BCUT2D eigenvalue weighted by atomic mass is 9.97. The first-order chi connectivity index (χ1) is 11.6. The van der Waals surface area contributed by atoms with Gasteiger partial charge in [-0.2, -0.15) is 5.26 Å². The second-order valence-corrected chi connectivity index (χ2v) is 5.34. The molecule has 5 heteroatoms. The van der Waals surface area contributed by atoms with Crippen LogP contribution in [0.1, 0.15) is 17.0 Å². The molecule has 0 aliphatic carbocycles. The average molecular weight is 319 g/mol. The number of nitrogens with zero attached hydrogens (tertiary/aromatic N) is 2. The molecule has 0 radical (unpaired) electrons. The molecule has 0 unspecified atom stereocenters. The normalized spacial score (nSPS) is 11.3. The van der Waals surface area contributed by atoms with E-state index in [-0.39, 0.29) is 0 Å². The Bertz CT molecular complexity index is 942. The number of aromatic amines is 1. The van der Waals surface area contributed by atoms with Gasteiger partial charge in [-0.1, -0.05) is 6.07 Å². The van der Waals surface area contributed by atoms with Crippen LogP contribution >= 0.6 is 0 Å². The van der Waals surface area contributed by atoms with Crippen molar-refractivity contribution in [2.45, 2.75) is 6.92 Å².